The summed E-state index contributed by atoms with van der Waals surface area (Å²) in [5.41, 5.74) is 5.60. The van der Waals surface area contributed by atoms with Crippen LogP contribution in [0.1, 0.15) is 43.1 Å². The van der Waals surface area contributed by atoms with Gasteiger partial charge in [0.1, 0.15) is 17.9 Å². The van der Waals surface area contributed by atoms with Crippen molar-refractivity contribution < 1.29 is 14.3 Å². The lowest BCUT2D eigenvalue weighted by Gasteiger charge is -2.21. The lowest BCUT2D eigenvalue weighted by molar-refractivity contribution is 0.0961. The molecule has 216 valence electrons. The molecule has 6 nitrogen and oxygen atoms in total. The van der Waals surface area contributed by atoms with Gasteiger partial charge in [-0.05, 0) is 66.6 Å². The number of nitrogens with zero attached hydrogens (tertiary/aromatic N) is 2. The quantitative estimate of drug-likeness (QED) is 0.180. The molecule has 5 rings (SSSR count). The summed E-state index contributed by atoms with van der Waals surface area (Å²) >= 11 is 13.4. The number of aryl methyl sites for hydroxylation is 1. The lowest BCUT2D eigenvalue weighted by atomic mass is 10.1. The molecule has 0 radical (unpaired) electrons. The molecular weight excluding hydrogens is 581 g/mol. The Morgan fingerprint density at radius 2 is 1.63 bits per heavy atom. The average Bonchev–Trinajstić information content (AvgIpc) is 3.03. The van der Waals surface area contributed by atoms with E-state index in [4.69, 9.17) is 27.9 Å². The molecule has 8 heteroatoms. The van der Waals surface area contributed by atoms with Crippen molar-refractivity contribution in [2.45, 2.75) is 13.5 Å². The standard InChI is InChI=1S/C35H29Cl2N3O3/c1-22-10-15-25-7-5-9-31(33(25)39-22)43-21-28-29(36)18-19-30(32(28)37)40(3)35(42)27-8-4-6-24(20-27)12-11-23-13-16-26(17-14-23)34(41)38-2/h4-20H,21H2,1-3H3,(H,38,41)/b12-11-. The van der Waals surface area contributed by atoms with Crippen LogP contribution in [0.15, 0.2) is 91.0 Å². The molecule has 2 amide bonds. The number of nitrogens with one attached hydrogen (secondary N) is 1. The van der Waals surface area contributed by atoms with Crippen LogP contribution in [0.3, 0.4) is 0 Å². The maximum absolute atomic E-state index is 13.5. The Labute approximate surface area is 260 Å². The summed E-state index contributed by atoms with van der Waals surface area (Å²) in [5, 5.41) is 4.35. The summed E-state index contributed by atoms with van der Waals surface area (Å²) in [7, 11) is 3.28. The van der Waals surface area contributed by atoms with Gasteiger partial charge in [0.25, 0.3) is 11.8 Å². The highest BCUT2D eigenvalue weighted by Crippen LogP contribution is 2.36. The van der Waals surface area contributed by atoms with Gasteiger partial charge >= 0.3 is 0 Å². The Bertz CT molecular complexity index is 1850. The van der Waals surface area contributed by atoms with Gasteiger partial charge in [0, 0.05) is 46.9 Å². The topological polar surface area (TPSA) is 71.5 Å². The van der Waals surface area contributed by atoms with Crippen molar-refractivity contribution in [1.29, 1.82) is 0 Å². The van der Waals surface area contributed by atoms with E-state index in [2.05, 4.69) is 10.3 Å². The van der Waals surface area contributed by atoms with E-state index in [1.165, 1.54) is 4.90 Å². The number of ether oxygens (including phenoxy) is 1. The minimum absolute atomic E-state index is 0.104. The van der Waals surface area contributed by atoms with Gasteiger partial charge in [-0.15, -0.1) is 0 Å². The molecule has 0 spiro atoms. The average molecular weight is 611 g/mol. The van der Waals surface area contributed by atoms with E-state index < -0.39 is 0 Å². The van der Waals surface area contributed by atoms with Crippen LogP contribution < -0.4 is 15.0 Å². The molecule has 0 aliphatic heterocycles. The summed E-state index contributed by atoms with van der Waals surface area (Å²) in [6, 6.07) is 27.7. The van der Waals surface area contributed by atoms with E-state index in [-0.39, 0.29) is 18.4 Å². The largest absolute Gasteiger partial charge is 0.487 e. The summed E-state index contributed by atoms with van der Waals surface area (Å²) in [6.45, 7) is 2.03. The molecule has 43 heavy (non-hydrogen) atoms. The van der Waals surface area contributed by atoms with Crippen LogP contribution >= 0.6 is 23.2 Å². The first-order valence-electron chi connectivity index (χ1n) is 13.6. The van der Waals surface area contributed by atoms with E-state index in [0.29, 0.717) is 38.2 Å². The van der Waals surface area contributed by atoms with Crippen LogP contribution in [-0.2, 0) is 6.61 Å². The molecule has 0 fully saturated rings. The summed E-state index contributed by atoms with van der Waals surface area (Å²) in [4.78, 5) is 31.4. The molecule has 1 heterocycles. The summed E-state index contributed by atoms with van der Waals surface area (Å²) < 4.78 is 6.14. The predicted octanol–water partition coefficient (Wildman–Crippen LogP) is 8.24. The van der Waals surface area contributed by atoms with Crippen LogP contribution in [0.4, 0.5) is 5.69 Å². The van der Waals surface area contributed by atoms with Crippen LogP contribution in [0, 0.1) is 6.92 Å². The van der Waals surface area contributed by atoms with Crippen molar-refractivity contribution in [2.75, 3.05) is 19.0 Å². The second-order valence-electron chi connectivity index (χ2n) is 9.95. The number of fused-ring (bicyclic) bond motifs is 1. The molecule has 0 aliphatic carbocycles. The smallest absolute Gasteiger partial charge is 0.258 e. The number of carbonyl (C=O) groups is 2. The van der Waals surface area contributed by atoms with Crippen molar-refractivity contribution in [3.63, 3.8) is 0 Å². The first kappa shape index (κ1) is 29.8. The number of hydrogen-bond acceptors (Lipinski definition) is 4. The second kappa shape index (κ2) is 13.1. The maximum Gasteiger partial charge on any atom is 0.258 e. The number of pyridine rings is 1. The highest BCUT2D eigenvalue weighted by atomic mass is 35.5. The van der Waals surface area contributed by atoms with Crippen LogP contribution in [0.2, 0.25) is 10.0 Å². The van der Waals surface area contributed by atoms with E-state index in [9.17, 15) is 9.59 Å². The number of hydrogen-bond donors (Lipinski definition) is 1. The Balaban J connectivity index is 1.33. The zero-order chi connectivity index (χ0) is 30.5. The number of carbonyl (C=O) groups excluding carboxylic acids is 2. The SMILES string of the molecule is CNC(=O)c1ccc(/C=C\c2cccc(C(=O)N(C)c3ccc(Cl)c(COc4cccc5ccc(C)nc45)c3Cl)c2)cc1. The third-order valence-electron chi connectivity index (χ3n) is 7.03. The molecule has 1 N–H and O–H groups in total. The number of benzene rings is 4. The fourth-order valence-corrected chi connectivity index (χ4v) is 5.23. The minimum atomic E-state index is -0.227. The molecule has 5 aromatic rings. The van der Waals surface area contributed by atoms with Gasteiger partial charge in [-0.2, -0.15) is 0 Å². The van der Waals surface area contributed by atoms with Gasteiger partial charge in [-0.25, -0.2) is 4.98 Å². The van der Waals surface area contributed by atoms with Gasteiger partial charge in [0.05, 0.1) is 10.7 Å². The van der Waals surface area contributed by atoms with Crippen LogP contribution in [0.5, 0.6) is 5.75 Å². The number of aromatic nitrogens is 1. The van der Waals surface area contributed by atoms with Crippen molar-refractivity contribution in [3.8, 4) is 5.75 Å². The van der Waals surface area contributed by atoms with E-state index in [1.807, 2.05) is 79.7 Å². The number of anilines is 1. The first-order chi connectivity index (χ1) is 20.7. The predicted molar refractivity (Wildman–Crippen MR) is 175 cm³/mol. The zero-order valence-electron chi connectivity index (χ0n) is 23.9. The molecule has 0 unspecified atom stereocenters. The van der Waals surface area contributed by atoms with E-state index >= 15 is 0 Å². The van der Waals surface area contributed by atoms with Crippen LogP contribution in [-0.4, -0.2) is 30.9 Å². The number of amides is 2. The number of halogens is 2. The molecule has 0 aliphatic rings. The lowest BCUT2D eigenvalue weighted by Crippen LogP contribution is -2.26. The van der Waals surface area contributed by atoms with E-state index in [0.717, 1.165) is 27.7 Å². The molecule has 4 aromatic carbocycles. The summed E-state index contributed by atoms with van der Waals surface area (Å²) in [6.07, 6.45) is 3.84. The van der Waals surface area contributed by atoms with Gasteiger partial charge in [-0.3, -0.25) is 9.59 Å². The molecule has 0 bridgehead atoms. The molecule has 0 saturated carbocycles. The van der Waals surface area contributed by atoms with Crippen molar-refractivity contribution >= 4 is 63.8 Å². The third kappa shape index (κ3) is 6.72. The normalized spacial score (nSPS) is 11.1. The Kier molecular flexibility index (Phi) is 9.10. The van der Waals surface area contributed by atoms with Gasteiger partial charge in [0.15, 0.2) is 0 Å². The van der Waals surface area contributed by atoms with Crippen molar-refractivity contribution in [1.82, 2.24) is 10.3 Å². The monoisotopic (exact) mass is 609 g/mol. The zero-order valence-corrected chi connectivity index (χ0v) is 25.4. The fraction of sp³-hybridized carbons (Fsp3) is 0.114. The Morgan fingerprint density at radius 3 is 2.40 bits per heavy atom. The van der Waals surface area contributed by atoms with Crippen molar-refractivity contribution in [2.24, 2.45) is 0 Å². The van der Waals surface area contributed by atoms with Crippen LogP contribution in [0.25, 0.3) is 23.1 Å². The Morgan fingerprint density at radius 1 is 0.884 bits per heavy atom. The van der Waals surface area contributed by atoms with Gasteiger partial charge in [-0.1, -0.05) is 77.8 Å². The summed E-state index contributed by atoms with van der Waals surface area (Å²) in [5.74, 6) is 0.258. The Hall–Kier alpha value is -4.65. The maximum atomic E-state index is 13.5. The fourth-order valence-electron chi connectivity index (χ4n) is 4.62. The number of para-hydroxylation sites is 1. The van der Waals surface area contributed by atoms with E-state index in [1.54, 1.807) is 44.4 Å². The third-order valence-corrected chi connectivity index (χ3v) is 7.80. The molecular formula is C35H29Cl2N3O3. The highest BCUT2D eigenvalue weighted by Gasteiger charge is 2.20. The first-order valence-corrected chi connectivity index (χ1v) is 14.3. The van der Waals surface area contributed by atoms with Gasteiger partial charge < -0.3 is 15.0 Å². The number of rotatable bonds is 8. The molecule has 0 saturated heterocycles. The minimum Gasteiger partial charge on any atom is -0.487 e. The molecule has 1 aromatic heterocycles. The van der Waals surface area contributed by atoms with Gasteiger partial charge in [0.2, 0.25) is 0 Å². The molecule has 0 atom stereocenters. The van der Waals surface area contributed by atoms with Crippen molar-refractivity contribution in [3.05, 3.63) is 135 Å². The highest BCUT2D eigenvalue weighted by molar-refractivity contribution is 6.38. The second-order valence-corrected chi connectivity index (χ2v) is 10.7.